The molecule has 2 aromatic carbocycles. The van der Waals surface area contributed by atoms with E-state index in [2.05, 4.69) is 37.3 Å². The number of aliphatic hydroxyl groups excluding tert-OH is 1. The Morgan fingerprint density at radius 2 is 1.69 bits per heavy atom. The van der Waals surface area contributed by atoms with E-state index in [-0.39, 0.29) is 12.7 Å². The van der Waals surface area contributed by atoms with Gasteiger partial charge in [-0.2, -0.15) is 5.10 Å². The second kappa shape index (κ2) is 9.74. The van der Waals surface area contributed by atoms with Crippen molar-refractivity contribution < 1.29 is 19.4 Å². The highest BCUT2D eigenvalue weighted by molar-refractivity contribution is 5.68. The van der Waals surface area contributed by atoms with Gasteiger partial charge >= 0.3 is 6.09 Å². The van der Waals surface area contributed by atoms with Gasteiger partial charge in [-0.25, -0.2) is 9.48 Å². The summed E-state index contributed by atoms with van der Waals surface area (Å²) in [7, 11) is 1.65. The molecule has 1 amide bonds. The van der Waals surface area contributed by atoms with Crippen molar-refractivity contribution in [3.05, 3.63) is 65.9 Å². The van der Waals surface area contributed by atoms with Crippen LogP contribution in [0.2, 0.25) is 0 Å². The first-order valence-corrected chi connectivity index (χ1v) is 12.0. The number of aromatic nitrogens is 2. The Morgan fingerprint density at radius 1 is 1.06 bits per heavy atom. The number of amides is 1. The SMILES string of the molecule is COc1ccc(-n2nc(C3(CO)CCN(C(=O)OC(C)(C)C)CC3)cc2-c2ccc(C)cc2)cc1. The second-order valence-corrected chi connectivity index (χ2v) is 10.3. The van der Waals surface area contributed by atoms with Crippen molar-refractivity contribution >= 4 is 6.09 Å². The summed E-state index contributed by atoms with van der Waals surface area (Å²) in [4.78, 5) is 14.3. The lowest BCUT2D eigenvalue weighted by Gasteiger charge is -2.40. The van der Waals surface area contributed by atoms with Crippen LogP contribution in [0.1, 0.15) is 44.9 Å². The molecule has 1 aromatic heterocycles. The van der Waals surface area contributed by atoms with E-state index in [1.807, 2.05) is 49.7 Å². The third kappa shape index (κ3) is 5.35. The average Bonchev–Trinajstić information content (AvgIpc) is 3.29. The van der Waals surface area contributed by atoms with Gasteiger partial charge in [0.15, 0.2) is 0 Å². The predicted molar refractivity (Wildman–Crippen MR) is 136 cm³/mol. The Balaban J connectivity index is 1.68. The summed E-state index contributed by atoms with van der Waals surface area (Å²) < 4.78 is 12.8. The summed E-state index contributed by atoms with van der Waals surface area (Å²) in [6, 6.07) is 18.2. The first-order chi connectivity index (χ1) is 16.6. The van der Waals surface area contributed by atoms with E-state index in [4.69, 9.17) is 14.6 Å². The van der Waals surface area contributed by atoms with Crippen molar-refractivity contribution in [2.45, 2.75) is 51.6 Å². The average molecular weight is 478 g/mol. The highest BCUT2D eigenvalue weighted by Gasteiger charge is 2.40. The number of ether oxygens (including phenoxy) is 2. The summed E-state index contributed by atoms with van der Waals surface area (Å²) in [6.45, 7) is 8.63. The molecule has 186 valence electrons. The van der Waals surface area contributed by atoms with Crippen molar-refractivity contribution in [2.75, 3.05) is 26.8 Å². The summed E-state index contributed by atoms with van der Waals surface area (Å²) in [5.74, 6) is 0.777. The topological polar surface area (TPSA) is 76.8 Å². The van der Waals surface area contributed by atoms with Gasteiger partial charge in [-0.1, -0.05) is 29.8 Å². The number of likely N-dealkylation sites (tertiary alicyclic amines) is 1. The van der Waals surface area contributed by atoms with Crippen molar-refractivity contribution in [3.63, 3.8) is 0 Å². The molecule has 1 aliphatic heterocycles. The van der Waals surface area contributed by atoms with Gasteiger partial charge in [-0.05, 0) is 70.9 Å². The number of rotatable bonds is 5. The summed E-state index contributed by atoms with van der Waals surface area (Å²) in [6.07, 6.45) is 0.902. The van der Waals surface area contributed by atoms with Crippen LogP contribution in [-0.4, -0.2) is 58.3 Å². The van der Waals surface area contributed by atoms with E-state index < -0.39 is 11.0 Å². The number of aryl methyl sites for hydroxylation is 1. The maximum atomic E-state index is 12.6. The molecule has 1 fully saturated rings. The molecule has 2 heterocycles. The Bertz CT molecular complexity index is 1150. The number of hydrogen-bond donors (Lipinski definition) is 1. The number of nitrogens with zero attached hydrogens (tertiary/aromatic N) is 3. The molecule has 0 atom stereocenters. The van der Waals surface area contributed by atoms with E-state index in [0.29, 0.717) is 25.9 Å². The standard InChI is InChI=1S/C28H35N3O4/c1-20-6-8-21(9-7-20)24-18-25(29-31(24)22-10-12-23(34-5)13-11-22)28(19-32)14-16-30(17-15-28)26(33)35-27(2,3)4/h6-13,18,32H,14-17,19H2,1-5H3. The maximum absolute atomic E-state index is 12.6. The van der Waals surface area contributed by atoms with Crippen LogP contribution < -0.4 is 4.74 Å². The van der Waals surface area contributed by atoms with Gasteiger partial charge in [0, 0.05) is 24.1 Å². The van der Waals surface area contributed by atoms with E-state index in [9.17, 15) is 9.90 Å². The largest absolute Gasteiger partial charge is 0.497 e. The van der Waals surface area contributed by atoms with Gasteiger partial charge in [0.1, 0.15) is 11.4 Å². The predicted octanol–water partition coefficient (Wildman–Crippen LogP) is 5.12. The molecule has 0 bridgehead atoms. The summed E-state index contributed by atoms with van der Waals surface area (Å²) >= 11 is 0. The van der Waals surface area contributed by atoms with Crippen LogP contribution in [0, 0.1) is 6.92 Å². The molecule has 0 unspecified atom stereocenters. The lowest BCUT2D eigenvalue weighted by Crippen LogP contribution is -2.48. The molecule has 35 heavy (non-hydrogen) atoms. The van der Waals surface area contributed by atoms with Gasteiger partial charge < -0.3 is 19.5 Å². The molecule has 4 rings (SSSR count). The molecule has 0 saturated carbocycles. The highest BCUT2D eigenvalue weighted by atomic mass is 16.6. The maximum Gasteiger partial charge on any atom is 0.410 e. The van der Waals surface area contributed by atoms with Crippen LogP contribution >= 0.6 is 0 Å². The van der Waals surface area contributed by atoms with Crippen molar-refractivity contribution in [3.8, 4) is 22.7 Å². The van der Waals surface area contributed by atoms with Crippen molar-refractivity contribution in [1.82, 2.24) is 14.7 Å². The molecule has 1 saturated heterocycles. The quantitative estimate of drug-likeness (QED) is 0.552. The number of hydrogen-bond acceptors (Lipinski definition) is 5. The number of aliphatic hydroxyl groups is 1. The van der Waals surface area contributed by atoms with Gasteiger partial charge in [-0.3, -0.25) is 0 Å². The number of benzene rings is 2. The Labute approximate surface area is 207 Å². The smallest absolute Gasteiger partial charge is 0.410 e. The minimum Gasteiger partial charge on any atom is -0.497 e. The minimum absolute atomic E-state index is 0.0396. The first kappa shape index (κ1) is 24.8. The molecule has 7 heteroatoms. The van der Waals surface area contributed by atoms with Crippen molar-refractivity contribution in [1.29, 1.82) is 0 Å². The van der Waals surface area contributed by atoms with Gasteiger partial charge in [0.25, 0.3) is 0 Å². The summed E-state index contributed by atoms with van der Waals surface area (Å²) in [5, 5.41) is 15.6. The van der Waals surface area contributed by atoms with E-state index >= 15 is 0 Å². The zero-order chi connectivity index (χ0) is 25.2. The van der Waals surface area contributed by atoms with Crippen molar-refractivity contribution in [2.24, 2.45) is 0 Å². The molecule has 7 nitrogen and oxygen atoms in total. The van der Waals surface area contributed by atoms with Gasteiger partial charge in [-0.15, -0.1) is 0 Å². The van der Waals surface area contributed by atoms with E-state index in [1.54, 1.807) is 12.0 Å². The van der Waals surface area contributed by atoms with Crippen LogP contribution in [0.25, 0.3) is 16.9 Å². The third-order valence-corrected chi connectivity index (χ3v) is 6.59. The fraction of sp³-hybridized carbons (Fsp3) is 0.429. The molecule has 0 aliphatic carbocycles. The Morgan fingerprint density at radius 3 is 2.23 bits per heavy atom. The molecular weight excluding hydrogens is 442 g/mol. The van der Waals surface area contributed by atoms with Crippen LogP contribution in [0.15, 0.2) is 54.6 Å². The zero-order valence-corrected chi connectivity index (χ0v) is 21.2. The zero-order valence-electron chi connectivity index (χ0n) is 21.2. The third-order valence-electron chi connectivity index (χ3n) is 6.59. The van der Waals surface area contributed by atoms with Crippen LogP contribution in [-0.2, 0) is 10.2 Å². The highest BCUT2D eigenvalue weighted by Crippen LogP contribution is 2.38. The van der Waals surface area contributed by atoms with Crippen LogP contribution in [0.5, 0.6) is 5.75 Å². The first-order valence-electron chi connectivity index (χ1n) is 12.0. The molecule has 1 N–H and O–H groups in total. The Hall–Kier alpha value is -3.32. The molecule has 3 aromatic rings. The fourth-order valence-electron chi connectivity index (χ4n) is 4.43. The number of methoxy groups -OCH3 is 1. The normalized spacial score (nSPS) is 15.7. The second-order valence-electron chi connectivity index (χ2n) is 10.3. The van der Waals surface area contributed by atoms with Crippen LogP contribution in [0.3, 0.4) is 0 Å². The lowest BCUT2D eigenvalue weighted by atomic mass is 9.76. The minimum atomic E-state index is -0.539. The molecule has 0 radical (unpaired) electrons. The molecule has 0 spiro atoms. The molecule has 1 aliphatic rings. The van der Waals surface area contributed by atoms with Gasteiger partial charge in [0.05, 0.1) is 30.8 Å². The number of carbonyl (C=O) groups is 1. The van der Waals surface area contributed by atoms with E-state index in [1.165, 1.54) is 5.56 Å². The van der Waals surface area contributed by atoms with Crippen LogP contribution in [0.4, 0.5) is 4.79 Å². The summed E-state index contributed by atoms with van der Waals surface area (Å²) in [5.41, 5.74) is 3.85. The monoisotopic (exact) mass is 477 g/mol. The molecular formula is C28H35N3O4. The van der Waals surface area contributed by atoms with Gasteiger partial charge in [0.2, 0.25) is 0 Å². The number of carbonyl (C=O) groups excluding carboxylic acids is 1. The fourth-order valence-corrected chi connectivity index (χ4v) is 4.43. The number of piperidine rings is 1. The lowest BCUT2D eigenvalue weighted by molar-refractivity contribution is 0.0119. The van der Waals surface area contributed by atoms with E-state index in [0.717, 1.165) is 28.4 Å². The Kier molecular flexibility index (Phi) is 6.90.